The van der Waals surface area contributed by atoms with Crippen molar-refractivity contribution in [2.45, 2.75) is 38.0 Å². The van der Waals surface area contributed by atoms with Crippen LogP contribution in [0.4, 0.5) is 4.79 Å². The number of aliphatic hydroxyl groups is 1. The van der Waals surface area contributed by atoms with E-state index < -0.39 is 18.3 Å². The van der Waals surface area contributed by atoms with Crippen LogP contribution < -0.4 is 5.32 Å². The average molecular weight is 270 g/mol. The number of rotatable bonds is 4. The first kappa shape index (κ1) is 13.2. The Labute approximate surface area is 111 Å². The molecule has 1 aromatic rings. The molecule has 1 fully saturated rings. The molecule has 0 aliphatic heterocycles. The Morgan fingerprint density at radius 1 is 1.50 bits per heavy atom. The monoisotopic (exact) mass is 269 g/mol. The number of nitrogens with one attached hydrogen (secondary N) is 1. The summed E-state index contributed by atoms with van der Waals surface area (Å²) in [7, 11) is 0. The number of amides is 1. The van der Waals surface area contributed by atoms with Crippen molar-refractivity contribution in [1.82, 2.24) is 5.32 Å². The fraction of sp³-hybridized carbons (Fsp3) is 0.462. The van der Waals surface area contributed by atoms with Crippen molar-refractivity contribution in [3.8, 4) is 0 Å². The molecule has 0 unspecified atom stereocenters. The van der Waals surface area contributed by atoms with Crippen molar-refractivity contribution >= 4 is 17.7 Å². The molecule has 2 N–H and O–H groups in total. The lowest BCUT2D eigenvalue weighted by atomic mass is 10.1. The van der Waals surface area contributed by atoms with E-state index in [1.165, 1.54) is 0 Å². The fourth-order valence-corrected chi connectivity index (χ4v) is 1.91. The summed E-state index contributed by atoms with van der Waals surface area (Å²) in [6.07, 6.45) is -0.114. The van der Waals surface area contributed by atoms with E-state index >= 15 is 0 Å². The van der Waals surface area contributed by atoms with Crippen LogP contribution in [0.1, 0.15) is 31.4 Å². The van der Waals surface area contributed by atoms with Gasteiger partial charge in [0.2, 0.25) is 0 Å². The second-order valence-corrected chi connectivity index (χ2v) is 4.91. The lowest BCUT2D eigenvalue weighted by Gasteiger charge is -2.22. The summed E-state index contributed by atoms with van der Waals surface area (Å²) < 4.78 is 5.25. The molecule has 0 aromatic heterocycles. The van der Waals surface area contributed by atoms with E-state index in [0.717, 1.165) is 12.8 Å². The van der Waals surface area contributed by atoms with E-state index in [1.54, 1.807) is 31.2 Å². The van der Waals surface area contributed by atoms with E-state index in [-0.39, 0.29) is 6.04 Å². The average Bonchev–Trinajstić information content (AvgIpc) is 3.10. The van der Waals surface area contributed by atoms with Crippen molar-refractivity contribution in [2.24, 2.45) is 0 Å². The predicted octanol–water partition coefficient (Wildman–Crippen LogP) is 2.65. The first-order valence-corrected chi connectivity index (χ1v) is 6.35. The summed E-state index contributed by atoms with van der Waals surface area (Å²) in [6.45, 7) is 1.57. The predicted molar refractivity (Wildman–Crippen MR) is 68.5 cm³/mol. The molecule has 0 radical (unpaired) electrons. The van der Waals surface area contributed by atoms with Crippen molar-refractivity contribution in [3.63, 3.8) is 0 Å². The van der Waals surface area contributed by atoms with Gasteiger partial charge in [0.05, 0.1) is 6.10 Å². The highest BCUT2D eigenvalue weighted by Crippen LogP contribution is 2.28. The van der Waals surface area contributed by atoms with Gasteiger partial charge < -0.3 is 15.2 Å². The van der Waals surface area contributed by atoms with Crippen LogP contribution in [-0.2, 0) is 4.74 Å². The second-order valence-electron chi connectivity index (χ2n) is 4.51. The van der Waals surface area contributed by atoms with Gasteiger partial charge >= 0.3 is 6.09 Å². The van der Waals surface area contributed by atoms with Gasteiger partial charge in [0.1, 0.15) is 0 Å². The molecule has 0 heterocycles. The van der Waals surface area contributed by atoms with Gasteiger partial charge in [0.15, 0.2) is 6.10 Å². The molecule has 4 nitrogen and oxygen atoms in total. The minimum absolute atomic E-state index is 0.221. The number of halogens is 1. The third-order valence-electron chi connectivity index (χ3n) is 2.78. The van der Waals surface area contributed by atoms with E-state index in [9.17, 15) is 9.90 Å². The van der Waals surface area contributed by atoms with Crippen molar-refractivity contribution < 1.29 is 14.6 Å². The van der Waals surface area contributed by atoms with Gasteiger partial charge in [-0.1, -0.05) is 29.8 Å². The van der Waals surface area contributed by atoms with Gasteiger partial charge in [0.25, 0.3) is 0 Å². The molecule has 1 amide bonds. The maximum Gasteiger partial charge on any atom is 0.408 e. The van der Waals surface area contributed by atoms with Crippen LogP contribution in [0, 0.1) is 0 Å². The number of benzene rings is 1. The highest BCUT2D eigenvalue weighted by atomic mass is 35.5. The molecule has 2 atom stereocenters. The Kier molecular flexibility index (Phi) is 4.09. The molecular weight excluding hydrogens is 254 g/mol. The number of hydrogen-bond acceptors (Lipinski definition) is 3. The van der Waals surface area contributed by atoms with E-state index in [2.05, 4.69) is 5.32 Å². The molecule has 1 aliphatic rings. The van der Waals surface area contributed by atoms with Crippen molar-refractivity contribution in [2.75, 3.05) is 0 Å². The summed E-state index contributed by atoms with van der Waals surface area (Å²) in [5, 5.41) is 12.9. The van der Waals surface area contributed by atoms with Crippen LogP contribution in [0.2, 0.25) is 5.02 Å². The molecule has 98 valence electrons. The molecule has 1 aliphatic carbocycles. The molecule has 18 heavy (non-hydrogen) atoms. The molecular formula is C13H16ClNO3. The Balaban J connectivity index is 2.07. The Hall–Kier alpha value is -1.26. The minimum atomic E-state index is -0.824. The first-order chi connectivity index (χ1) is 8.58. The summed E-state index contributed by atoms with van der Waals surface area (Å²) in [6, 6.07) is 7.24. The minimum Gasteiger partial charge on any atom is -0.439 e. The number of alkyl carbamates (subject to hydrolysis) is 1. The summed E-state index contributed by atoms with van der Waals surface area (Å²) in [5.74, 6) is 0. The quantitative estimate of drug-likeness (QED) is 0.883. The van der Waals surface area contributed by atoms with Crippen LogP contribution in [0.25, 0.3) is 0 Å². The van der Waals surface area contributed by atoms with Crippen LogP contribution >= 0.6 is 11.6 Å². The Morgan fingerprint density at radius 3 is 2.72 bits per heavy atom. The van der Waals surface area contributed by atoms with E-state index in [0.29, 0.717) is 10.6 Å². The standard InChI is InChI=1S/C13H16ClNO3/c1-8(16)12(10-4-2-3-5-11(10)14)18-13(17)15-9-6-7-9/h2-5,8-9,12,16H,6-7H2,1H3,(H,15,17)/t8-,12+/m0/s1. The molecule has 1 saturated carbocycles. The topological polar surface area (TPSA) is 58.6 Å². The summed E-state index contributed by atoms with van der Waals surface area (Å²) >= 11 is 6.04. The van der Waals surface area contributed by atoms with E-state index in [1.807, 2.05) is 0 Å². The Morgan fingerprint density at radius 2 is 2.17 bits per heavy atom. The lowest BCUT2D eigenvalue weighted by Crippen LogP contribution is -2.31. The third kappa shape index (κ3) is 3.37. The van der Waals surface area contributed by atoms with Gasteiger partial charge in [-0.2, -0.15) is 0 Å². The lowest BCUT2D eigenvalue weighted by molar-refractivity contribution is 0.0106. The zero-order chi connectivity index (χ0) is 13.1. The maximum absolute atomic E-state index is 11.6. The highest BCUT2D eigenvalue weighted by Gasteiger charge is 2.28. The van der Waals surface area contributed by atoms with Gasteiger partial charge in [0, 0.05) is 16.6 Å². The maximum atomic E-state index is 11.6. The number of carbonyl (C=O) groups excluding carboxylic acids is 1. The second kappa shape index (κ2) is 5.59. The van der Waals surface area contributed by atoms with Crippen LogP contribution in [0.15, 0.2) is 24.3 Å². The molecule has 0 bridgehead atoms. The molecule has 0 spiro atoms. The molecule has 5 heteroatoms. The van der Waals surface area contributed by atoms with Crippen LogP contribution in [0.3, 0.4) is 0 Å². The van der Waals surface area contributed by atoms with Crippen LogP contribution in [-0.4, -0.2) is 23.3 Å². The smallest absolute Gasteiger partial charge is 0.408 e. The van der Waals surface area contributed by atoms with E-state index in [4.69, 9.17) is 16.3 Å². The Bertz CT molecular complexity index is 432. The summed E-state index contributed by atoms with van der Waals surface area (Å²) in [4.78, 5) is 11.6. The number of aliphatic hydroxyl groups excluding tert-OH is 1. The molecule has 1 aromatic carbocycles. The van der Waals surface area contributed by atoms with Crippen LogP contribution in [0.5, 0.6) is 0 Å². The largest absolute Gasteiger partial charge is 0.439 e. The van der Waals surface area contributed by atoms with Gasteiger partial charge in [-0.25, -0.2) is 4.79 Å². The van der Waals surface area contributed by atoms with Gasteiger partial charge in [-0.05, 0) is 25.8 Å². The zero-order valence-corrected chi connectivity index (χ0v) is 10.9. The number of hydrogen-bond donors (Lipinski definition) is 2. The van der Waals surface area contributed by atoms with Crippen molar-refractivity contribution in [1.29, 1.82) is 0 Å². The SMILES string of the molecule is C[C@H](O)[C@@H](OC(=O)NC1CC1)c1ccccc1Cl. The number of ether oxygens (including phenoxy) is 1. The third-order valence-corrected chi connectivity index (χ3v) is 3.13. The molecule has 2 rings (SSSR count). The fourth-order valence-electron chi connectivity index (χ4n) is 1.67. The number of carbonyl (C=O) groups is 1. The zero-order valence-electron chi connectivity index (χ0n) is 10.1. The molecule has 0 saturated heterocycles. The highest BCUT2D eigenvalue weighted by molar-refractivity contribution is 6.31. The normalized spacial score (nSPS) is 17.9. The van der Waals surface area contributed by atoms with Crippen molar-refractivity contribution in [3.05, 3.63) is 34.9 Å². The first-order valence-electron chi connectivity index (χ1n) is 5.97. The van der Waals surface area contributed by atoms with Gasteiger partial charge in [-0.15, -0.1) is 0 Å². The summed E-state index contributed by atoms with van der Waals surface area (Å²) in [5.41, 5.74) is 0.611. The van der Waals surface area contributed by atoms with Gasteiger partial charge in [-0.3, -0.25) is 0 Å².